The van der Waals surface area contributed by atoms with Crippen molar-refractivity contribution in [3.8, 4) is 0 Å². The van der Waals surface area contributed by atoms with Gasteiger partial charge in [-0.05, 0) is 18.3 Å². The van der Waals surface area contributed by atoms with Crippen molar-refractivity contribution in [2.45, 2.75) is 20.3 Å². The number of nitrogens with zero attached hydrogens (tertiary/aromatic N) is 2. The van der Waals surface area contributed by atoms with Crippen LogP contribution in [0.2, 0.25) is 0 Å². The van der Waals surface area contributed by atoms with Crippen molar-refractivity contribution in [3.63, 3.8) is 0 Å². The Morgan fingerprint density at radius 1 is 1.00 bits per heavy atom. The molecule has 0 spiro atoms. The molecule has 15 heavy (non-hydrogen) atoms. The minimum Gasteiger partial charge on any atom is -0.464 e. The van der Waals surface area contributed by atoms with Gasteiger partial charge < -0.3 is 10.2 Å². The summed E-state index contributed by atoms with van der Waals surface area (Å²) in [4.78, 5) is 21.8. The van der Waals surface area contributed by atoms with Gasteiger partial charge in [-0.2, -0.15) is 0 Å². The number of carbonyl (C=O) groups is 2. The van der Waals surface area contributed by atoms with Gasteiger partial charge in [0.25, 0.3) is 0 Å². The lowest BCUT2D eigenvalue weighted by Gasteiger charge is -2.29. The molecule has 1 fully saturated rings. The normalized spacial score (nSPS) is 27.3. The number of rotatable bonds is 0. The van der Waals surface area contributed by atoms with Crippen LogP contribution in [0.3, 0.4) is 0 Å². The molecule has 2 unspecified atom stereocenters. The molecule has 1 heterocycles. The molecule has 1 aliphatic rings. The van der Waals surface area contributed by atoms with Crippen molar-refractivity contribution in [2.24, 2.45) is 11.8 Å². The summed E-state index contributed by atoms with van der Waals surface area (Å²) in [6.07, 6.45) is -1.58. The van der Waals surface area contributed by atoms with Crippen LogP contribution in [0.15, 0.2) is 0 Å². The van der Waals surface area contributed by atoms with Crippen molar-refractivity contribution in [1.29, 1.82) is 0 Å². The van der Waals surface area contributed by atoms with E-state index >= 15 is 0 Å². The van der Waals surface area contributed by atoms with E-state index in [2.05, 4.69) is 0 Å². The van der Waals surface area contributed by atoms with Gasteiger partial charge in [0.15, 0.2) is 0 Å². The summed E-state index contributed by atoms with van der Waals surface area (Å²) >= 11 is 0. The second-order valence-electron chi connectivity index (χ2n) is 4.18. The van der Waals surface area contributed by atoms with Crippen molar-refractivity contribution < 1.29 is 19.8 Å². The zero-order chi connectivity index (χ0) is 11.6. The smallest absolute Gasteiger partial charge is 0.426 e. The highest BCUT2D eigenvalue weighted by atomic mass is 16.4. The average Bonchev–Trinajstić information content (AvgIpc) is 2.23. The molecule has 0 aliphatic carbocycles. The molecule has 0 saturated carbocycles. The molecule has 2 atom stereocenters. The van der Waals surface area contributed by atoms with E-state index in [0.717, 1.165) is 16.4 Å². The lowest BCUT2D eigenvalue weighted by atomic mass is 9.98. The fourth-order valence-corrected chi connectivity index (χ4v) is 1.99. The van der Waals surface area contributed by atoms with Crippen LogP contribution in [0.4, 0.5) is 9.59 Å². The van der Waals surface area contributed by atoms with Crippen molar-refractivity contribution in [2.75, 3.05) is 13.1 Å². The predicted molar refractivity (Wildman–Crippen MR) is 52.4 cm³/mol. The zero-order valence-corrected chi connectivity index (χ0v) is 8.88. The fraction of sp³-hybridized carbons (Fsp3) is 0.778. The molecule has 0 bridgehead atoms. The van der Waals surface area contributed by atoms with Gasteiger partial charge >= 0.3 is 12.2 Å². The molecule has 1 aliphatic heterocycles. The Balaban J connectivity index is 2.87. The second-order valence-corrected chi connectivity index (χ2v) is 4.18. The Kier molecular flexibility index (Phi) is 3.39. The summed E-state index contributed by atoms with van der Waals surface area (Å²) in [5.74, 6) is 0.362. The quantitative estimate of drug-likeness (QED) is 0.643. The summed E-state index contributed by atoms with van der Waals surface area (Å²) in [6, 6.07) is 0. The van der Waals surface area contributed by atoms with Crippen LogP contribution in [0.1, 0.15) is 20.3 Å². The fourth-order valence-electron chi connectivity index (χ4n) is 1.99. The Morgan fingerprint density at radius 2 is 1.33 bits per heavy atom. The SMILES string of the molecule is CC1CC(C)CN(C(=O)O)N(C(=O)O)C1. The first kappa shape index (κ1) is 11.6. The van der Waals surface area contributed by atoms with Gasteiger partial charge in [-0.25, -0.2) is 19.6 Å². The van der Waals surface area contributed by atoms with Crippen LogP contribution in [0, 0.1) is 11.8 Å². The second kappa shape index (κ2) is 4.37. The first-order chi connectivity index (χ1) is 6.91. The summed E-state index contributed by atoms with van der Waals surface area (Å²) in [5, 5.41) is 19.6. The number of hydrazine groups is 1. The Morgan fingerprint density at radius 3 is 1.60 bits per heavy atom. The molecule has 1 saturated heterocycles. The van der Waals surface area contributed by atoms with E-state index in [1.165, 1.54) is 0 Å². The molecular formula is C9H16N2O4. The molecule has 86 valence electrons. The van der Waals surface area contributed by atoms with Crippen LogP contribution in [-0.4, -0.2) is 45.5 Å². The third kappa shape index (κ3) is 2.74. The molecular weight excluding hydrogens is 200 g/mol. The zero-order valence-electron chi connectivity index (χ0n) is 8.88. The number of hydrogen-bond acceptors (Lipinski definition) is 2. The molecule has 0 aromatic heterocycles. The van der Waals surface area contributed by atoms with E-state index in [9.17, 15) is 9.59 Å². The molecule has 2 N–H and O–H groups in total. The number of amides is 2. The van der Waals surface area contributed by atoms with Crippen LogP contribution in [-0.2, 0) is 0 Å². The third-order valence-electron chi connectivity index (χ3n) is 2.51. The van der Waals surface area contributed by atoms with Gasteiger partial charge in [0, 0.05) is 13.1 Å². The summed E-state index contributed by atoms with van der Waals surface area (Å²) in [5.41, 5.74) is 0. The Hall–Kier alpha value is -1.46. The molecule has 6 heteroatoms. The minimum atomic E-state index is -1.21. The molecule has 2 amide bonds. The van der Waals surface area contributed by atoms with Crippen LogP contribution in [0.5, 0.6) is 0 Å². The maximum atomic E-state index is 10.9. The first-order valence-electron chi connectivity index (χ1n) is 4.92. The highest BCUT2D eigenvalue weighted by molar-refractivity contribution is 5.71. The van der Waals surface area contributed by atoms with Gasteiger partial charge in [-0.1, -0.05) is 13.8 Å². The third-order valence-corrected chi connectivity index (χ3v) is 2.51. The molecule has 1 rings (SSSR count). The highest BCUT2D eigenvalue weighted by Gasteiger charge is 2.32. The summed E-state index contributed by atoms with van der Waals surface area (Å²) in [7, 11) is 0. The van der Waals surface area contributed by atoms with Crippen LogP contribution in [0.25, 0.3) is 0 Å². The molecule has 0 aromatic rings. The number of hydrogen-bond donors (Lipinski definition) is 2. The number of carboxylic acid groups (broad SMARTS) is 2. The standard InChI is InChI=1S/C9H16N2O4/c1-6-3-7(2)5-11(9(14)15)10(4-6)8(12)13/h6-7H,3-5H2,1-2H3,(H,12,13)(H,14,15). The minimum absolute atomic E-state index is 0.181. The highest BCUT2D eigenvalue weighted by Crippen LogP contribution is 2.21. The maximum absolute atomic E-state index is 10.9. The van der Waals surface area contributed by atoms with Crippen molar-refractivity contribution in [1.82, 2.24) is 10.0 Å². The predicted octanol–water partition coefficient (Wildman–Crippen LogP) is 1.54. The lowest BCUT2D eigenvalue weighted by molar-refractivity contribution is -0.000135. The summed E-state index contributed by atoms with van der Waals surface area (Å²) < 4.78 is 0. The Labute approximate surface area is 88.1 Å². The van der Waals surface area contributed by atoms with E-state index in [-0.39, 0.29) is 24.9 Å². The van der Waals surface area contributed by atoms with Crippen LogP contribution < -0.4 is 0 Å². The average molecular weight is 216 g/mol. The largest absolute Gasteiger partial charge is 0.464 e. The van der Waals surface area contributed by atoms with Gasteiger partial charge in [0.05, 0.1) is 0 Å². The molecule has 0 radical (unpaired) electrons. The molecule has 0 aromatic carbocycles. The van der Waals surface area contributed by atoms with E-state index in [0.29, 0.717) is 0 Å². The monoisotopic (exact) mass is 216 g/mol. The van der Waals surface area contributed by atoms with Crippen molar-refractivity contribution in [3.05, 3.63) is 0 Å². The van der Waals surface area contributed by atoms with Gasteiger partial charge in [0.2, 0.25) is 0 Å². The van der Waals surface area contributed by atoms with Gasteiger partial charge in [-0.3, -0.25) is 0 Å². The van der Waals surface area contributed by atoms with Crippen LogP contribution >= 0.6 is 0 Å². The summed E-state index contributed by atoms with van der Waals surface area (Å²) in [6.45, 7) is 4.34. The topological polar surface area (TPSA) is 81.1 Å². The molecule has 6 nitrogen and oxygen atoms in total. The Bertz CT molecular complexity index is 243. The van der Waals surface area contributed by atoms with Gasteiger partial charge in [-0.15, -0.1) is 0 Å². The maximum Gasteiger partial charge on any atom is 0.426 e. The first-order valence-corrected chi connectivity index (χ1v) is 4.92. The van der Waals surface area contributed by atoms with Crippen molar-refractivity contribution >= 4 is 12.2 Å². The lowest BCUT2D eigenvalue weighted by Crippen LogP contribution is -2.49. The van der Waals surface area contributed by atoms with E-state index in [1.807, 2.05) is 13.8 Å². The van der Waals surface area contributed by atoms with E-state index in [1.54, 1.807) is 0 Å². The van der Waals surface area contributed by atoms with E-state index in [4.69, 9.17) is 10.2 Å². The van der Waals surface area contributed by atoms with Gasteiger partial charge in [0.1, 0.15) is 0 Å². The van der Waals surface area contributed by atoms with E-state index < -0.39 is 12.2 Å².